The largest absolute Gasteiger partial charge is 0.466 e. The first-order chi connectivity index (χ1) is 25.1. The second-order valence-corrected chi connectivity index (χ2v) is 19.0. The Kier molecular flexibility index (Phi) is 15.3. The molecule has 2 unspecified atom stereocenters. The van der Waals surface area contributed by atoms with Crippen LogP contribution in [0.5, 0.6) is 0 Å². The molecule has 4 aliphatic rings. The van der Waals surface area contributed by atoms with E-state index >= 15 is 0 Å². The van der Waals surface area contributed by atoms with Gasteiger partial charge in [0.1, 0.15) is 0 Å². The lowest BCUT2D eigenvalue weighted by atomic mass is 9.43. The Morgan fingerprint density at radius 1 is 0.750 bits per heavy atom. The normalized spacial score (nSPS) is 33.2. The van der Waals surface area contributed by atoms with Crippen LogP contribution in [0.3, 0.4) is 0 Å². The summed E-state index contributed by atoms with van der Waals surface area (Å²) in [7, 11) is 1.89. The van der Waals surface area contributed by atoms with Crippen molar-refractivity contribution in [2.45, 2.75) is 194 Å². The molecule has 4 N–H and O–H groups in total. The molecule has 5 rings (SSSR count). The smallest absolute Gasteiger partial charge is 0.305 e. The average Bonchev–Trinajstić information content (AvgIpc) is 3.49. The van der Waals surface area contributed by atoms with E-state index in [1.165, 1.54) is 134 Å². The van der Waals surface area contributed by atoms with E-state index < -0.39 is 0 Å². The number of carbonyl (C=O) groups is 1. The number of nitrogen functional groups attached to an aromatic ring is 2. The topological polar surface area (TPSA) is 87.6 Å². The third kappa shape index (κ3) is 9.72. The van der Waals surface area contributed by atoms with Crippen LogP contribution in [0, 0.1) is 46.3 Å². The Hall–Kier alpha value is -1.75. The molecule has 5 nitrogen and oxygen atoms in total. The summed E-state index contributed by atoms with van der Waals surface area (Å²) in [5, 5.41) is 0. The molecular weight excluding hydrogens is 641 g/mol. The lowest BCUT2D eigenvalue weighted by Gasteiger charge is -2.62. The van der Waals surface area contributed by atoms with Gasteiger partial charge in [0.05, 0.1) is 12.2 Å². The first-order valence-electron chi connectivity index (χ1n) is 22.4. The Labute approximate surface area is 319 Å². The molecule has 9 atom stereocenters. The van der Waals surface area contributed by atoms with Gasteiger partial charge in [0.2, 0.25) is 0 Å². The summed E-state index contributed by atoms with van der Waals surface area (Å²) < 4.78 is 12.1. The van der Waals surface area contributed by atoms with Crippen LogP contribution in [0.2, 0.25) is 0 Å². The Morgan fingerprint density at radius 3 is 1.96 bits per heavy atom. The monoisotopic (exact) mass is 721 g/mol. The van der Waals surface area contributed by atoms with Crippen LogP contribution in [0.4, 0.5) is 11.4 Å². The van der Waals surface area contributed by atoms with E-state index in [1.54, 1.807) is 0 Å². The fourth-order valence-electron chi connectivity index (χ4n) is 12.8. The number of fused-ring (bicyclic) bond motifs is 5. The van der Waals surface area contributed by atoms with Gasteiger partial charge in [-0.3, -0.25) is 4.79 Å². The second kappa shape index (κ2) is 19.2. The highest BCUT2D eigenvalue weighted by molar-refractivity contribution is 5.69. The molecule has 0 bridgehead atoms. The summed E-state index contributed by atoms with van der Waals surface area (Å²) in [6.45, 7) is 10.6. The molecule has 4 fully saturated rings. The van der Waals surface area contributed by atoms with E-state index in [0.29, 0.717) is 35.7 Å². The van der Waals surface area contributed by atoms with E-state index in [0.717, 1.165) is 60.7 Å². The highest BCUT2D eigenvalue weighted by atomic mass is 16.5. The van der Waals surface area contributed by atoms with Gasteiger partial charge in [0, 0.05) is 24.9 Å². The number of unbranched alkanes of at least 4 members (excludes halogenated alkanes) is 13. The maximum atomic E-state index is 12.8. The summed E-state index contributed by atoms with van der Waals surface area (Å²) in [6, 6.07) is 6.05. The number of nitrogens with two attached hydrogens (primary N) is 2. The van der Waals surface area contributed by atoms with Crippen LogP contribution in [0.15, 0.2) is 18.2 Å². The van der Waals surface area contributed by atoms with E-state index in [2.05, 4.69) is 39.8 Å². The zero-order valence-corrected chi connectivity index (χ0v) is 34.5. The summed E-state index contributed by atoms with van der Waals surface area (Å²) in [5.41, 5.74) is 15.6. The molecule has 0 radical (unpaired) electrons. The van der Waals surface area contributed by atoms with Crippen molar-refractivity contribution in [3.63, 3.8) is 0 Å². The van der Waals surface area contributed by atoms with Gasteiger partial charge in [0.15, 0.2) is 0 Å². The number of ether oxygens (including phenoxy) is 2. The lowest BCUT2D eigenvalue weighted by Crippen LogP contribution is -2.55. The summed E-state index contributed by atoms with van der Waals surface area (Å²) in [5.74, 6) is 4.47. The van der Waals surface area contributed by atoms with Crippen LogP contribution in [0.1, 0.15) is 194 Å². The number of carbonyl (C=O) groups excluding carboxylic acids is 1. The predicted octanol–water partition coefficient (Wildman–Crippen LogP) is 12.8. The van der Waals surface area contributed by atoms with Crippen molar-refractivity contribution in [2.24, 2.45) is 46.3 Å². The van der Waals surface area contributed by atoms with Crippen molar-refractivity contribution in [2.75, 3.05) is 25.2 Å². The highest BCUT2D eigenvalue weighted by Crippen LogP contribution is 2.69. The minimum atomic E-state index is -0.287. The number of anilines is 2. The van der Waals surface area contributed by atoms with Crippen molar-refractivity contribution in [3.05, 3.63) is 23.8 Å². The van der Waals surface area contributed by atoms with Crippen molar-refractivity contribution in [3.8, 4) is 0 Å². The molecule has 0 aromatic heterocycles. The molecule has 52 heavy (non-hydrogen) atoms. The molecule has 296 valence electrons. The molecule has 4 saturated carbocycles. The molecule has 0 aliphatic heterocycles. The average molecular weight is 721 g/mol. The van der Waals surface area contributed by atoms with Gasteiger partial charge in [-0.1, -0.05) is 111 Å². The maximum Gasteiger partial charge on any atom is 0.305 e. The number of rotatable bonds is 21. The van der Waals surface area contributed by atoms with Crippen molar-refractivity contribution < 1.29 is 14.3 Å². The van der Waals surface area contributed by atoms with Crippen LogP contribution in [-0.2, 0) is 19.9 Å². The molecule has 0 spiro atoms. The van der Waals surface area contributed by atoms with Crippen molar-refractivity contribution >= 4 is 17.3 Å². The van der Waals surface area contributed by atoms with E-state index in [4.69, 9.17) is 20.9 Å². The Bertz CT molecular complexity index is 1230. The van der Waals surface area contributed by atoms with Gasteiger partial charge in [-0.2, -0.15) is 0 Å². The molecule has 1 aromatic carbocycles. The molecule has 0 saturated heterocycles. The van der Waals surface area contributed by atoms with Crippen LogP contribution in [-0.4, -0.2) is 19.7 Å². The van der Waals surface area contributed by atoms with Crippen LogP contribution >= 0.6 is 0 Å². The molecule has 5 heteroatoms. The molecule has 0 heterocycles. The van der Waals surface area contributed by atoms with E-state index in [1.807, 2.05) is 13.2 Å². The summed E-state index contributed by atoms with van der Waals surface area (Å²) in [6.07, 6.45) is 31.8. The molecular formula is C47H80N2O3. The van der Waals surface area contributed by atoms with Gasteiger partial charge >= 0.3 is 5.97 Å². The molecule has 0 amide bonds. The summed E-state index contributed by atoms with van der Waals surface area (Å²) >= 11 is 0. The molecule has 1 aromatic rings. The fraction of sp³-hybridized carbons (Fsp3) is 0.851. The number of benzene rings is 1. The number of methoxy groups -OCH3 is 1. The van der Waals surface area contributed by atoms with E-state index in [-0.39, 0.29) is 11.6 Å². The number of hydrogen-bond donors (Lipinski definition) is 2. The van der Waals surface area contributed by atoms with Crippen LogP contribution < -0.4 is 11.5 Å². The quantitative estimate of drug-likeness (QED) is 0.0750. The van der Waals surface area contributed by atoms with E-state index in [9.17, 15) is 4.79 Å². The third-order valence-corrected chi connectivity index (χ3v) is 15.9. The van der Waals surface area contributed by atoms with Crippen molar-refractivity contribution in [1.82, 2.24) is 0 Å². The first kappa shape index (κ1) is 41.4. The van der Waals surface area contributed by atoms with Crippen LogP contribution in [0.25, 0.3) is 0 Å². The highest BCUT2D eigenvalue weighted by Gasteiger charge is 2.62. The Balaban J connectivity index is 0.998. The lowest BCUT2D eigenvalue weighted by molar-refractivity contribution is -0.163. The first-order valence-corrected chi connectivity index (χ1v) is 22.4. The van der Waals surface area contributed by atoms with Gasteiger partial charge in [-0.25, -0.2) is 0 Å². The maximum absolute atomic E-state index is 12.8. The van der Waals surface area contributed by atoms with Crippen molar-refractivity contribution in [1.29, 1.82) is 0 Å². The minimum Gasteiger partial charge on any atom is -0.466 e. The zero-order valence-electron chi connectivity index (χ0n) is 34.5. The number of esters is 1. The minimum absolute atomic E-state index is 0.0292. The van der Waals surface area contributed by atoms with Gasteiger partial charge < -0.3 is 20.9 Å². The van der Waals surface area contributed by atoms with Gasteiger partial charge in [-0.05, 0) is 141 Å². The fourth-order valence-corrected chi connectivity index (χ4v) is 12.8. The van der Waals surface area contributed by atoms with Gasteiger partial charge in [0.25, 0.3) is 0 Å². The predicted molar refractivity (Wildman–Crippen MR) is 219 cm³/mol. The number of hydrogen-bond acceptors (Lipinski definition) is 5. The van der Waals surface area contributed by atoms with Gasteiger partial charge in [-0.15, -0.1) is 0 Å². The Morgan fingerprint density at radius 2 is 1.35 bits per heavy atom. The summed E-state index contributed by atoms with van der Waals surface area (Å²) in [4.78, 5) is 12.8. The standard InChI is InChI=1S/C47H80N2O3/c1-6-7-8-9-10-11-12-13-14-15-16-17-18-19-30-52-44(50)25-20-35(2)41-23-24-42-40-22-21-36-34-47(51-5,37-31-38(48)33-39(49)32-37)29-28-45(36,3)43(40)26-27-46(41,42)4/h31-33,35-36,40-43H,6-30,34,48-49H2,1-5H3/t35-,36?,40+,41-,42+,43+,45+,46-,47?/m1/s1. The third-order valence-electron chi connectivity index (χ3n) is 15.9. The molecule has 4 aliphatic carbocycles. The SMILES string of the molecule is CCCCCCCCCCCCCCCCOC(=O)CC[C@@H](C)[C@H]1CC[C@H]2[C@@H]3CCC4CC(OC)(c5cc(N)cc(N)c5)CC[C@]4(C)[C@H]3CC[C@]12C. The zero-order chi connectivity index (χ0) is 37.2. The second-order valence-electron chi connectivity index (χ2n) is 19.0.